The highest BCUT2D eigenvalue weighted by atomic mass is 32.2. The highest BCUT2D eigenvalue weighted by Gasteiger charge is 2.44. The maximum absolute atomic E-state index is 14.0. The molecule has 1 amide bonds. The maximum atomic E-state index is 14.0. The average Bonchev–Trinajstić information content (AvgIpc) is 3.37. The van der Waals surface area contributed by atoms with Crippen molar-refractivity contribution in [2.24, 2.45) is 0 Å². The quantitative estimate of drug-likeness (QED) is 0.188. The predicted octanol–water partition coefficient (Wildman–Crippen LogP) is 6.35. The standard InChI is InChI=1S/C31H29N3O2S/c1-2-18-34-29(36)27-28(24-14-6-4-11-22(24)19-31(27)16-7-8-17-31)33-30(34)37-20-26(35)32-25-15-9-12-21-10-3-5-13-23(21)25/h2-6,9-15H,1,7-8,16-20H2,(H,32,35). The molecule has 0 atom stereocenters. The van der Waals surface area contributed by atoms with Crippen LogP contribution in [0.4, 0.5) is 5.69 Å². The van der Waals surface area contributed by atoms with Crippen LogP contribution in [0, 0.1) is 0 Å². The van der Waals surface area contributed by atoms with Gasteiger partial charge in [-0.05, 0) is 36.3 Å². The molecular weight excluding hydrogens is 478 g/mol. The first kappa shape index (κ1) is 23.7. The van der Waals surface area contributed by atoms with Gasteiger partial charge >= 0.3 is 0 Å². The molecule has 5 nitrogen and oxygen atoms in total. The average molecular weight is 508 g/mol. The number of hydrogen-bond acceptors (Lipinski definition) is 4. The number of anilines is 1. The van der Waals surface area contributed by atoms with Gasteiger partial charge in [-0.15, -0.1) is 6.58 Å². The fourth-order valence-corrected chi connectivity index (χ4v) is 6.90. The molecule has 0 radical (unpaired) electrons. The van der Waals surface area contributed by atoms with Crippen molar-refractivity contribution in [1.29, 1.82) is 0 Å². The van der Waals surface area contributed by atoms with E-state index in [1.807, 2.05) is 48.5 Å². The van der Waals surface area contributed by atoms with Gasteiger partial charge < -0.3 is 5.32 Å². The fourth-order valence-electron chi connectivity index (χ4n) is 6.10. The highest BCUT2D eigenvalue weighted by Crippen LogP contribution is 2.49. The van der Waals surface area contributed by atoms with Crippen molar-refractivity contribution < 1.29 is 4.79 Å². The molecule has 1 aromatic heterocycles. The second kappa shape index (κ2) is 9.67. The number of nitrogens with one attached hydrogen (secondary N) is 1. The Morgan fingerprint density at radius 1 is 1.05 bits per heavy atom. The molecule has 0 unspecified atom stereocenters. The monoisotopic (exact) mass is 507 g/mol. The van der Waals surface area contributed by atoms with E-state index < -0.39 is 0 Å². The zero-order valence-corrected chi connectivity index (χ0v) is 21.5. The Hall–Kier alpha value is -3.64. The van der Waals surface area contributed by atoms with E-state index in [-0.39, 0.29) is 22.6 Å². The molecule has 4 aromatic rings. The molecule has 3 aromatic carbocycles. The Morgan fingerprint density at radius 3 is 2.65 bits per heavy atom. The Morgan fingerprint density at radius 2 is 1.81 bits per heavy atom. The maximum Gasteiger partial charge on any atom is 0.258 e. The second-order valence-corrected chi connectivity index (χ2v) is 10.9. The lowest BCUT2D eigenvalue weighted by Crippen LogP contribution is -2.40. The second-order valence-electron chi connectivity index (χ2n) is 10.0. The normalized spacial score (nSPS) is 15.4. The van der Waals surface area contributed by atoms with Gasteiger partial charge in [-0.25, -0.2) is 4.98 Å². The van der Waals surface area contributed by atoms with E-state index in [1.165, 1.54) is 17.3 Å². The van der Waals surface area contributed by atoms with Crippen molar-refractivity contribution >= 4 is 34.1 Å². The summed E-state index contributed by atoms with van der Waals surface area (Å²) >= 11 is 1.30. The van der Waals surface area contributed by atoms with E-state index >= 15 is 0 Å². The van der Waals surface area contributed by atoms with Crippen molar-refractivity contribution in [2.45, 2.75) is 49.2 Å². The SMILES string of the molecule is C=CCn1c(SCC(=O)Nc2cccc3ccccc23)nc2c(c1=O)C1(CCCC1)Cc1ccccc1-2. The summed E-state index contributed by atoms with van der Waals surface area (Å²) in [4.78, 5) is 32.1. The molecule has 0 saturated heterocycles. The third-order valence-corrected chi connectivity index (χ3v) is 8.71. The van der Waals surface area contributed by atoms with Crippen molar-refractivity contribution in [2.75, 3.05) is 11.1 Å². The van der Waals surface area contributed by atoms with Crippen LogP contribution >= 0.6 is 11.8 Å². The largest absolute Gasteiger partial charge is 0.325 e. The summed E-state index contributed by atoms with van der Waals surface area (Å²) in [7, 11) is 0. The number of carbonyl (C=O) groups is 1. The van der Waals surface area contributed by atoms with Crippen molar-refractivity contribution in [1.82, 2.24) is 9.55 Å². The van der Waals surface area contributed by atoms with Gasteiger partial charge in [0.25, 0.3) is 5.56 Å². The van der Waals surface area contributed by atoms with Crippen LogP contribution in [-0.4, -0.2) is 21.2 Å². The Bertz CT molecular complexity index is 1580. The molecule has 1 fully saturated rings. The molecule has 1 heterocycles. The van der Waals surface area contributed by atoms with Crippen LogP contribution in [0.5, 0.6) is 0 Å². The van der Waals surface area contributed by atoms with E-state index in [0.29, 0.717) is 11.7 Å². The third-order valence-electron chi connectivity index (χ3n) is 7.73. The fraction of sp³-hybridized carbons (Fsp3) is 0.258. The van der Waals surface area contributed by atoms with Crippen LogP contribution < -0.4 is 10.9 Å². The zero-order valence-electron chi connectivity index (χ0n) is 20.7. The lowest BCUT2D eigenvalue weighted by atomic mass is 9.68. The summed E-state index contributed by atoms with van der Waals surface area (Å²) in [5, 5.41) is 5.67. The molecule has 186 valence electrons. The van der Waals surface area contributed by atoms with Crippen molar-refractivity contribution in [3.63, 3.8) is 0 Å². The lowest BCUT2D eigenvalue weighted by molar-refractivity contribution is -0.113. The molecule has 1 N–H and O–H groups in total. The Kier molecular flexibility index (Phi) is 6.21. The topological polar surface area (TPSA) is 64.0 Å². The number of thioether (sulfide) groups is 1. The number of amides is 1. The van der Waals surface area contributed by atoms with E-state index in [2.05, 4.69) is 30.1 Å². The van der Waals surface area contributed by atoms with Gasteiger partial charge in [0.1, 0.15) is 0 Å². The van der Waals surface area contributed by atoms with Gasteiger partial charge in [-0.1, -0.05) is 91.3 Å². The number of hydrogen-bond donors (Lipinski definition) is 1. The Labute approximate surface area is 220 Å². The molecular formula is C31H29N3O2S. The first-order valence-corrected chi connectivity index (χ1v) is 13.8. The number of carbonyl (C=O) groups excluding carboxylic acids is 1. The van der Waals surface area contributed by atoms with Gasteiger partial charge in [-0.3, -0.25) is 14.2 Å². The van der Waals surface area contributed by atoms with Crippen LogP contribution in [0.1, 0.15) is 36.8 Å². The highest BCUT2D eigenvalue weighted by molar-refractivity contribution is 7.99. The van der Waals surface area contributed by atoms with Crippen molar-refractivity contribution in [3.8, 4) is 11.3 Å². The molecule has 0 bridgehead atoms. The number of aromatic nitrogens is 2. The van der Waals surface area contributed by atoms with Gasteiger partial charge in [0.05, 0.1) is 17.0 Å². The summed E-state index contributed by atoms with van der Waals surface area (Å²) in [6, 6.07) is 22.2. The van der Waals surface area contributed by atoms with E-state index in [9.17, 15) is 9.59 Å². The molecule has 0 aliphatic heterocycles. The lowest BCUT2D eigenvalue weighted by Gasteiger charge is -2.36. The summed E-state index contributed by atoms with van der Waals surface area (Å²) in [5.74, 6) is 0.0180. The van der Waals surface area contributed by atoms with E-state index in [1.54, 1.807) is 10.6 Å². The third kappa shape index (κ3) is 4.19. The molecule has 2 aliphatic carbocycles. The first-order valence-electron chi connectivity index (χ1n) is 12.8. The summed E-state index contributed by atoms with van der Waals surface area (Å²) in [6.07, 6.45) is 6.91. The van der Waals surface area contributed by atoms with Crippen LogP contribution in [0.2, 0.25) is 0 Å². The summed E-state index contributed by atoms with van der Waals surface area (Å²) < 4.78 is 1.70. The van der Waals surface area contributed by atoms with Gasteiger partial charge in [-0.2, -0.15) is 0 Å². The number of nitrogens with zero attached hydrogens (tertiary/aromatic N) is 2. The summed E-state index contributed by atoms with van der Waals surface area (Å²) in [5.41, 5.74) is 4.60. The molecule has 1 saturated carbocycles. The predicted molar refractivity (Wildman–Crippen MR) is 151 cm³/mol. The van der Waals surface area contributed by atoms with Crippen LogP contribution in [-0.2, 0) is 23.2 Å². The van der Waals surface area contributed by atoms with Gasteiger partial charge in [0.15, 0.2) is 5.16 Å². The molecule has 6 rings (SSSR count). The first-order chi connectivity index (χ1) is 18.1. The van der Waals surface area contributed by atoms with Gasteiger partial charge in [0, 0.05) is 28.6 Å². The van der Waals surface area contributed by atoms with Crippen molar-refractivity contribution in [3.05, 3.63) is 101 Å². The van der Waals surface area contributed by atoms with Gasteiger partial charge in [0.2, 0.25) is 5.91 Å². The van der Waals surface area contributed by atoms with Crippen LogP contribution in [0.15, 0.2) is 89.3 Å². The van der Waals surface area contributed by atoms with Crippen LogP contribution in [0.25, 0.3) is 22.0 Å². The summed E-state index contributed by atoms with van der Waals surface area (Å²) in [6.45, 7) is 4.24. The minimum atomic E-state index is -0.147. The molecule has 37 heavy (non-hydrogen) atoms. The molecule has 1 spiro atoms. The number of allylic oxidation sites excluding steroid dienone is 1. The smallest absolute Gasteiger partial charge is 0.258 e. The number of rotatable bonds is 6. The van der Waals surface area contributed by atoms with Crippen LogP contribution in [0.3, 0.4) is 0 Å². The number of benzene rings is 3. The van der Waals surface area contributed by atoms with E-state index in [4.69, 9.17) is 4.98 Å². The van der Waals surface area contributed by atoms with E-state index in [0.717, 1.165) is 65.4 Å². The molecule has 2 aliphatic rings. The molecule has 6 heteroatoms. The Balaban J connectivity index is 1.36. The number of fused-ring (bicyclic) bond motifs is 5. The minimum Gasteiger partial charge on any atom is -0.325 e. The minimum absolute atomic E-state index is 0.0123. The zero-order chi connectivity index (χ0) is 25.4.